The van der Waals surface area contributed by atoms with Gasteiger partial charge in [0.15, 0.2) is 0 Å². The van der Waals surface area contributed by atoms with Gasteiger partial charge in [0.25, 0.3) is 0 Å². The Kier molecular flexibility index (Phi) is 5.24. The van der Waals surface area contributed by atoms with Gasteiger partial charge in [-0.1, -0.05) is 0 Å². The molecule has 0 bridgehead atoms. The highest BCUT2D eigenvalue weighted by atomic mass is 16.5. The molecule has 1 aliphatic carbocycles. The number of anilines is 1. The van der Waals surface area contributed by atoms with Crippen LogP contribution in [0.15, 0.2) is 12.4 Å². The fourth-order valence-corrected chi connectivity index (χ4v) is 3.05. The number of rotatable bonds is 6. The van der Waals surface area contributed by atoms with Gasteiger partial charge in [0.2, 0.25) is 5.91 Å². The normalized spacial score (nSPS) is 23.4. The van der Waals surface area contributed by atoms with Gasteiger partial charge < -0.3 is 20.1 Å². The number of nitrogens with zero attached hydrogens (tertiary/aromatic N) is 3. The monoisotopic (exact) mass is 334 g/mol. The number of carbonyl (C=O) groups excluding carboxylic acids is 1. The Hall–Kier alpha value is -2.22. The van der Waals surface area contributed by atoms with E-state index in [1.807, 2.05) is 6.07 Å². The van der Waals surface area contributed by atoms with Crippen molar-refractivity contribution in [2.45, 2.75) is 37.6 Å². The largest absolute Gasteiger partial charge is 0.481 e. The minimum absolute atomic E-state index is 0.0329. The number of ether oxygens (including phenoxy) is 1. The van der Waals surface area contributed by atoms with E-state index >= 15 is 0 Å². The third-order valence-corrected chi connectivity index (χ3v) is 4.50. The van der Waals surface area contributed by atoms with Crippen molar-refractivity contribution >= 4 is 17.7 Å². The molecule has 130 valence electrons. The number of morpholine rings is 1. The molecule has 1 aromatic rings. The lowest BCUT2D eigenvalue weighted by molar-refractivity contribution is -0.139. The van der Waals surface area contributed by atoms with E-state index in [-0.39, 0.29) is 24.8 Å². The molecule has 1 aliphatic heterocycles. The molecule has 2 N–H and O–H groups in total. The Morgan fingerprint density at radius 2 is 2.00 bits per heavy atom. The van der Waals surface area contributed by atoms with Crippen molar-refractivity contribution in [2.75, 3.05) is 31.2 Å². The standard InChI is InChI=1S/C16H22N4O4/c21-15(1-2-16(22)23)19-12-7-11(8-12)13-9-14(18-10-17-13)20-3-5-24-6-4-20/h9-12H,1-8H2,(H,19,21)(H,22,23). The molecule has 0 aromatic carbocycles. The second-order valence-electron chi connectivity index (χ2n) is 6.23. The SMILES string of the molecule is O=C(O)CCC(=O)NC1CC(c2cc(N3CCOCC3)ncn2)C1. The zero-order valence-electron chi connectivity index (χ0n) is 13.5. The van der Waals surface area contributed by atoms with Gasteiger partial charge in [-0.3, -0.25) is 9.59 Å². The zero-order valence-corrected chi connectivity index (χ0v) is 13.5. The average Bonchev–Trinajstić information content (AvgIpc) is 2.57. The van der Waals surface area contributed by atoms with Gasteiger partial charge in [-0.2, -0.15) is 0 Å². The number of nitrogens with one attached hydrogen (secondary N) is 1. The van der Waals surface area contributed by atoms with E-state index in [0.29, 0.717) is 19.1 Å². The minimum Gasteiger partial charge on any atom is -0.481 e. The summed E-state index contributed by atoms with van der Waals surface area (Å²) < 4.78 is 5.35. The molecule has 8 nitrogen and oxygen atoms in total. The molecule has 1 aromatic heterocycles. The van der Waals surface area contributed by atoms with Crippen molar-refractivity contribution in [3.8, 4) is 0 Å². The molecule has 0 spiro atoms. The van der Waals surface area contributed by atoms with Gasteiger partial charge in [0, 0.05) is 43.2 Å². The van der Waals surface area contributed by atoms with Crippen LogP contribution in [0.3, 0.4) is 0 Å². The summed E-state index contributed by atoms with van der Waals surface area (Å²) in [5.74, 6) is 0.0978. The van der Waals surface area contributed by atoms with E-state index in [1.165, 1.54) is 0 Å². The summed E-state index contributed by atoms with van der Waals surface area (Å²) in [5.41, 5.74) is 1.00. The van der Waals surface area contributed by atoms with E-state index in [9.17, 15) is 9.59 Å². The summed E-state index contributed by atoms with van der Waals surface area (Å²) in [4.78, 5) is 33.0. The molecule has 0 atom stereocenters. The first-order valence-corrected chi connectivity index (χ1v) is 8.27. The number of amides is 1. The highest BCUT2D eigenvalue weighted by Gasteiger charge is 2.32. The van der Waals surface area contributed by atoms with Gasteiger partial charge in [-0.15, -0.1) is 0 Å². The lowest BCUT2D eigenvalue weighted by Crippen LogP contribution is -2.43. The van der Waals surface area contributed by atoms with Crippen LogP contribution in [0.25, 0.3) is 0 Å². The summed E-state index contributed by atoms with van der Waals surface area (Å²) in [7, 11) is 0. The predicted octanol–water partition coefficient (Wildman–Crippen LogP) is 0.540. The molecule has 0 unspecified atom stereocenters. The summed E-state index contributed by atoms with van der Waals surface area (Å²) in [6.45, 7) is 3.10. The molecule has 8 heteroatoms. The summed E-state index contributed by atoms with van der Waals surface area (Å²) in [5, 5.41) is 11.5. The lowest BCUT2D eigenvalue weighted by Gasteiger charge is -2.36. The molecule has 1 saturated heterocycles. The van der Waals surface area contributed by atoms with Crippen molar-refractivity contribution in [3.05, 3.63) is 18.1 Å². The highest BCUT2D eigenvalue weighted by Crippen LogP contribution is 2.36. The molecule has 3 rings (SSSR count). The molecule has 1 saturated carbocycles. The first-order valence-electron chi connectivity index (χ1n) is 8.27. The molecule has 2 heterocycles. The molecule has 2 aliphatic rings. The van der Waals surface area contributed by atoms with Crippen LogP contribution in [-0.2, 0) is 14.3 Å². The fraction of sp³-hybridized carbons (Fsp3) is 0.625. The van der Waals surface area contributed by atoms with E-state index in [4.69, 9.17) is 9.84 Å². The van der Waals surface area contributed by atoms with Crippen LogP contribution in [0.5, 0.6) is 0 Å². The van der Waals surface area contributed by atoms with Crippen LogP contribution in [0, 0.1) is 0 Å². The van der Waals surface area contributed by atoms with Crippen LogP contribution >= 0.6 is 0 Å². The smallest absolute Gasteiger partial charge is 0.303 e. The van der Waals surface area contributed by atoms with Gasteiger partial charge in [-0.25, -0.2) is 9.97 Å². The number of aromatic nitrogens is 2. The molecular weight excluding hydrogens is 312 g/mol. The van der Waals surface area contributed by atoms with Crippen molar-refractivity contribution in [3.63, 3.8) is 0 Å². The molecule has 24 heavy (non-hydrogen) atoms. The molecule has 1 amide bonds. The van der Waals surface area contributed by atoms with Gasteiger partial charge >= 0.3 is 5.97 Å². The number of hydrogen-bond donors (Lipinski definition) is 2. The lowest BCUT2D eigenvalue weighted by atomic mass is 9.78. The Morgan fingerprint density at radius 1 is 1.25 bits per heavy atom. The quantitative estimate of drug-likeness (QED) is 0.782. The third kappa shape index (κ3) is 4.19. The Balaban J connectivity index is 1.49. The maximum atomic E-state index is 11.6. The highest BCUT2D eigenvalue weighted by molar-refractivity contribution is 5.80. The maximum Gasteiger partial charge on any atom is 0.303 e. The van der Waals surface area contributed by atoms with Crippen LogP contribution in [0.2, 0.25) is 0 Å². The van der Waals surface area contributed by atoms with Crippen molar-refractivity contribution < 1.29 is 19.4 Å². The van der Waals surface area contributed by atoms with Gasteiger partial charge in [0.05, 0.1) is 19.6 Å². The Labute approximate surface area is 140 Å². The van der Waals surface area contributed by atoms with Crippen LogP contribution < -0.4 is 10.2 Å². The second kappa shape index (κ2) is 7.57. The first kappa shape index (κ1) is 16.6. The summed E-state index contributed by atoms with van der Waals surface area (Å²) >= 11 is 0. The predicted molar refractivity (Wildman–Crippen MR) is 85.8 cm³/mol. The fourth-order valence-electron chi connectivity index (χ4n) is 3.05. The zero-order chi connectivity index (χ0) is 16.9. The van der Waals surface area contributed by atoms with Crippen LogP contribution in [0.1, 0.15) is 37.3 Å². The van der Waals surface area contributed by atoms with Crippen LogP contribution in [0.4, 0.5) is 5.82 Å². The van der Waals surface area contributed by atoms with E-state index in [1.54, 1.807) is 6.33 Å². The first-order chi connectivity index (χ1) is 11.6. The van der Waals surface area contributed by atoms with Crippen LogP contribution in [-0.4, -0.2) is 59.3 Å². The second-order valence-corrected chi connectivity index (χ2v) is 6.23. The number of carboxylic acids is 1. The number of aliphatic carboxylic acids is 1. The van der Waals surface area contributed by atoms with Crippen molar-refractivity contribution in [1.82, 2.24) is 15.3 Å². The molecule has 2 fully saturated rings. The number of carbonyl (C=O) groups is 2. The third-order valence-electron chi connectivity index (χ3n) is 4.50. The number of carboxylic acid groups (broad SMARTS) is 1. The molecular formula is C16H22N4O4. The van der Waals surface area contributed by atoms with E-state index < -0.39 is 5.97 Å². The number of hydrogen-bond acceptors (Lipinski definition) is 6. The van der Waals surface area contributed by atoms with Gasteiger partial charge in [0.1, 0.15) is 12.1 Å². The van der Waals surface area contributed by atoms with Crippen molar-refractivity contribution in [1.29, 1.82) is 0 Å². The summed E-state index contributed by atoms with van der Waals surface area (Å²) in [6.07, 6.45) is 3.16. The molecule has 0 radical (unpaired) electrons. The van der Waals surface area contributed by atoms with E-state index in [2.05, 4.69) is 20.2 Å². The average molecular weight is 334 g/mol. The summed E-state index contributed by atoms with van der Waals surface area (Å²) in [6, 6.07) is 2.14. The Morgan fingerprint density at radius 3 is 2.71 bits per heavy atom. The Bertz CT molecular complexity index is 597. The van der Waals surface area contributed by atoms with Gasteiger partial charge in [-0.05, 0) is 12.8 Å². The minimum atomic E-state index is -0.951. The van der Waals surface area contributed by atoms with E-state index in [0.717, 1.165) is 37.4 Å². The maximum absolute atomic E-state index is 11.6. The topological polar surface area (TPSA) is 105 Å². The van der Waals surface area contributed by atoms with Crippen molar-refractivity contribution in [2.24, 2.45) is 0 Å².